The molecule has 2 aromatic rings. The van der Waals surface area contributed by atoms with Gasteiger partial charge in [0.25, 0.3) is 0 Å². The van der Waals surface area contributed by atoms with Crippen LogP contribution in [-0.2, 0) is 0 Å². The largest absolute Gasteiger partial charge is 0.489 e. The Bertz CT molecular complexity index is 558. The third-order valence-electron chi connectivity index (χ3n) is 2.23. The van der Waals surface area contributed by atoms with E-state index in [1.807, 2.05) is 26.0 Å². The monoisotopic (exact) mass is 263 g/mol. The maximum Gasteiger partial charge on any atom is 0.161 e. The van der Waals surface area contributed by atoms with Gasteiger partial charge in [0.05, 0.1) is 11.1 Å². The van der Waals surface area contributed by atoms with Gasteiger partial charge >= 0.3 is 0 Å². The molecular formula is C13H14ClN3O. The molecule has 0 aliphatic heterocycles. The minimum atomic E-state index is 0.0805. The van der Waals surface area contributed by atoms with Crippen LogP contribution in [-0.4, -0.2) is 16.1 Å². The van der Waals surface area contributed by atoms with Gasteiger partial charge in [0.1, 0.15) is 11.6 Å². The van der Waals surface area contributed by atoms with Crippen molar-refractivity contribution < 1.29 is 4.74 Å². The Kier molecular flexibility index (Phi) is 3.67. The normalized spacial score (nSPS) is 10.7. The number of ether oxygens (including phenoxy) is 1. The van der Waals surface area contributed by atoms with Crippen molar-refractivity contribution in [1.29, 1.82) is 0 Å². The highest BCUT2D eigenvalue weighted by Crippen LogP contribution is 2.29. The highest BCUT2D eigenvalue weighted by molar-refractivity contribution is 6.32. The quantitative estimate of drug-likeness (QED) is 0.924. The summed E-state index contributed by atoms with van der Waals surface area (Å²) in [4.78, 5) is 8.29. The van der Waals surface area contributed by atoms with E-state index in [1.165, 1.54) is 0 Å². The van der Waals surface area contributed by atoms with Crippen LogP contribution >= 0.6 is 11.6 Å². The summed E-state index contributed by atoms with van der Waals surface area (Å²) in [6.45, 7) is 3.90. The first-order valence-corrected chi connectivity index (χ1v) is 5.99. The SMILES string of the molecule is CC(C)Oc1ccc(-c2nccc(N)n2)cc1Cl. The fourth-order valence-electron chi connectivity index (χ4n) is 1.50. The number of hydrogen-bond acceptors (Lipinski definition) is 4. The van der Waals surface area contributed by atoms with E-state index in [1.54, 1.807) is 18.3 Å². The standard InChI is InChI=1S/C13H14ClN3O/c1-8(2)18-11-4-3-9(7-10(11)14)13-16-6-5-12(15)17-13/h3-8H,1-2H3,(H2,15,16,17). The number of halogens is 1. The third-order valence-corrected chi connectivity index (χ3v) is 2.53. The van der Waals surface area contributed by atoms with Crippen LogP contribution in [0.3, 0.4) is 0 Å². The van der Waals surface area contributed by atoms with E-state index >= 15 is 0 Å². The summed E-state index contributed by atoms with van der Waals surface area (Å²) < 4.78 is 5.56. The van der Waals surface area contributed by atoms with E-state index in [0.29, 0.717) is 22.4 Å². The van der Waals surface area contributed by atoms with Crippen molar-refractivity contribution in [3.63, 3.8) is 0 Å². The smallest absolute Gasteiger partial charge is 0.161 e. The number of rotatable bonds is 3. The Morgan fingerprint density at radius 2 is 2.06 bits per heavy atom. The van der Waals surface area contributed by atoms with E-state index in [9.17, 15) is 0 Å². The first-order chi connectivity index (χ1) is 8.56. The highest BCUT2D eigenvalue weighted by Gasteiger charge is 2.08. The Hall–Kier alpha value is -1.81. The topological polar surface area (TPSA) is 61.0 Å². The number of nitrogens with zero attached hydrogens (tertiary/aromatic N) is 2. The molecule has 0 radical (unpaired) electrons. The van der Waals surface area contributed by atoms with Crippen molar-refractivity contribution in [2.45, 2.75) is 20.0 Å². The Morgan fingerprint density at radius 3 is 2.67 bits per heavy atom. The number of nitrogens with two attached hydrogens (primary N) is 1. The number of hydrogen-bond donors (Lipinski definition) is 1. The van der Waals surface area contributed by atoms with E-state index in [0.717, 1.165) is 5.56 Å². The second-order valence-electron chi connectivity index (χ2n) is 4.12. The lowest BCUT2D eigenvalue weighted by Crippen LogP contribution is -2.05. The summed E-state index contributed by atoms with van der Waals surface area (Å²) in [5, 5.41) is 0.534. The van der Waals surface area contributed by atoms with Gasteiger partial charge in [0.15, 0.2) is 5.82 Å². The fourth-order valence-corrected chi connectivity index (χ4v) is 1.73. The summed E-state index contributed by atoms with van der Waals surface area (Å²) in [7, 11) is 0. The summed E-state index contributed by atoms with van der Waals surface area (Å²) in [6.07, 6.45) is 1.70. The molecule has 0 saturated carbocycles. The molecule has 4 nitrogen and oxygen atoms in total. The molecule has 0 bridgehead atoms. The van der Waals surface area contributed by atoms with Gasteiger partial charge in [0, 0.05) is 11.8 Å². The first-order valence-electron chi connectivity index (χ1n) is 5.61. The summed E-state index contributed by atoms with van der Waals surface area (Å²) in [5.41, 5.74) is 6.43. The predicted molar refractivity (Wildman–Crippen MR) is 72.7 cm³/mol. The maximum atomic E-state index is 6.15. The Labute approximate surface area is 111 Å². The zero-order chi connectivity index (χ0) is 13.1. The van der Waals surface area contributed by atoms with E-state index in [4.69, 9.17) is 22.1 Å². The summed E-state index contributed by atoms with van der Waals surface area (Å²) in [5.74, 6) is 1.63. The number of aromatic nitrogens is 2. The van der Waals surface area contributed by atoms with Gasteiger partial charge in [-0.25, -0.2) is 9.97 Å². The minimum Gasteiger partial charge on any atom is -0.489 e. The lowest BCUT2D eigenvalue weighted by atomic mass is 10.2. The van der Waals surface area contributed by atoms with Crippen molar-refractivity contribution in [2.24, 2.45) is 0 Å². The molecule has 18 heavy (non-hydrogen) atoms. The van der Waals surface area contributed by atoms with Gasteiger partial charge in [-0.2, -0.15) is 0 Å². The zero-order valence-corrected chi connectivity index (χ0v) is 11.0. The molecule has 2 rings (SSSR count). The fraction of sp³-hybridized carbons (Fsp3) is 0.231. The molecule has 2 N–H and O–H groups in total. The van der Waals surface area contributed by atoms with Crippen molar-refractivity contribution in [3.8, 4) is 17.1 Å². The van der Waals surface area contributed by atoms with Crippen LogP contribution in [0.15, 0.2) is 30.5 Å². The second-order valence-corrected chi connectivity index (χ2v) is 4.52. The minimum absolute atomic E-state index is 0.0805. The van der Waals surface area contributed by atoms with Gasteiger partial charge < -0.3 is 10.5 Å². The first kappa shape index (κ1) is 12.6. The molecule has 0 saturated heterocycles. The van der Waals surface area contributed by atoms with Crippen LogP contribution < -0.4 is 10.5 Å². The van der Waals surface area contributed by atoms with Gasteiger partial charge in [-0.05, 0) is 38.1 Å². The van der Waals surface area contributed by atoms with Crippen LogP contribution in [0.4, 0.5) is 5.82 Å². The Balaban J connectivity index is 2.34. The van der Waals surface area contributed by atoms with Gasteiger partial charge in [0.2, 0.25) is 0 Å². The highest BCUT2D eigenvalue weighted by atomic mass is 35.5. The van der Waals surface area contributed by atoms with E-state index < -0.39 is 0 Å². The lowest BCUT2D eigenvalue weighted by molar-refractivity contribution is 0.242. The average Bonchev–Trinajstić information content (AvgIpc) is 2.31. The molecule has 1 heterocycles. The molecular weight excluding hydrogens is 250 g/mol. The second kappa shape index (κ2) is 5.23. The molecule has 94 valence electrons. The van der Waals surface area contributed by atoms with Crippen molar-refractivity contribution in [1.82, 2.24) is 9.97 Å². The Morgan fingerprint density at radius 1 is 1.28 bits per heavy atom. The number of benzene rings is 1. The van der Waals surface area contributed by atoms with Crippen LogP contribution in [0.25, 0.3) is 11.4 Å². The predicted octanol–water partition coefficient (Wildman–Crippen LogP) is 3.17. The molecule has 0 aliphatic carbocycles. The van der Waals surface area contributed by atoms with Crippen LogP contribution in [0, 0.1) is 0 Å². The third kappa shape index (κ3) is 2.90. The molecule has 0 spiro atoms. The number of nitrogen functional groups attached to an aromatic ring is 1. The van der Waals surface area contributed by atoms with Gasteiger partial charge in [-0.1, -0.05) is 11.6 Å². The van der Waals surface area contributed by atoms with Crippen molar-refractivity contribution >= 4 is 17.4 Å². The molecule has 1 aromatic heterocycles. The van der Waals surface area contributed by atoms with Crippen LogP contribution in [0.5, 0.6) is 5.75 Å². The van der Waals surface area contributed by atoms with Gasteiger partial charge in [-0.15, -0.1) is 0 Å². The molecule has 1 aromatic carbocycles. The van der Waals surface area contributed by atoms with E-state index in [-0.39, 0.29) is 6.10 Å². The molecule has 0 aliphatic rings. The molecule has 5 heteroatoms. The average molecular weight is 264 g/mol. The van der Waals surface area contributed by atoms with Crippen molar-refractivity contribution in [3.05, 3.63) is 35.5 Å². The zero-order valence-electron chi connectivity index (χ0n) is 10.2. The molecule has 0 atom stereocenters. The van der Waals surface area contributed by atoms with Crippen LogP contribution in [0.1, 0.15) is 13.8 Å². The van der Waals surface area contributed by atoms with Crippen LogP contribution in [0.2, 0.25) is 5.02 Å². The summed E-state index contributed by atoms with van der Waals surface area (Å²) >= 11 is 6.15. The van der Waals surface area contributed by atoms with Crippen molar-refractivity contribution in [2.75, 3.05) is 5.73 Å². The molecule has 0 amide bonds. The maximum absolute atomic E-state index is 6.15. The molecule has 0 unspecified atom stereocenters. The van der Waals surface area contributed by atoms with Gasteiger partial charge in [-0.3, -0.25) is 0 Å². The van der Waals surface area contributed by atoms with E-state index in [2.05, 4.69) is 9.97 Å². The molecule has 0 fully saturated rings. The number of anilines is 1. The summed E-state index contributed by atoms with van der Waals surface area (Å²) in [6, 6.07) is 7.08. The lowest BCUT2D eigenvalue weighted by Gasteiger charge is -2.11.